The normalized spacial score (nSPS) is 10.4. The third-order valence-electron chi connectivity index (χ3n) is 2.51. The average molecular weight is 243 g/mol. The van der Waals surface area contributed by atoms with Crippen molar-refractivity contribution < 1.29 is 4.79 Å². The topological polar surface area (TPSA) is 30.0 Å². The number of pyridine rings is 1. The quantitative estimate of drug-likeness (QED) is 0.466. The highest BCUT2D eigenvalue weighted by Crippen LogP contribution is 2.25. The van der Waals surface area contributed by atoms with E-state index in [9.17, 15) is 4.79 Å². The maximum absolute atomic E-state index is 11.0. The molecule has 1 aromatic carbocycles. The van der Waals surface area contributed by atoms with E-state index in [0.29, 0.717) is 5.56 Å². The molecule has 0 bridgehead atoms. The van der Waals surface area contributed by atoms with E-state index in [2.05, 4.69) is 11.6 Å². The molecule has 2 nitrogen and oxygen atoms in total. The molecular formula is C14H13NOS. The third-order valence-corrected chi connectivity index (χ3v) is 3.51. The van der Waals surface area contributed by atoms with Crippen molar-refractivity contribution in [3.05, 3.63) is 48.0 Å². The van der Waals surface area contributed by atoms with Crippen LogP contribution in [-0.2, 0) is 0 Å². The Morgan fingerprint density at radius 1 is 1.47 bits per heavy atom. The molecule has 0 fully saturated rings. The third kappa shape index (κ3) is 2.39. The number of aldehydes is 1. The van der Waals surface area contributed by atoms with Crippen LogP contribution in [0.1, 0.15) is 15.9 Å². The van der Waals surface area contributed by atoms with Crippen molar-refractivity contribution >= 4 is 29.0 Å². The van der Waals surface area contributed by atoms with E-state index in [1.54, 1.807) is 0 Å². The number of nitrogens with zero attached hydrogens (tertiary/aromatic N) is 1. The Hall–Kier alpha value is -1.61. The molecule has 0 unspecified atom stereocenters. The number of carbonyl (C=O) groups excluding carboxylic acids is 1. The summed E-state index contributed by atoms with van der Waals surface area (Å²) >= 11 is 1.53. The number of aryl methyl sites for hydroxylation is 1. The van der Waals surface area contributed by atoms with Gasteiger partial charge < -0.3 is 0 Å². The van der Waals surface area contributed by atoms with Gasteiger partial charge in [-0.3, -0.25) is 4.79 Å². The minimum absolute atomic E-state index is 0.648. The first-order valence-electron chi connectivity index (χ1n) is 5.35. The zero-order chi connectivity index (χ0) is 12.3. The second-order valence-electron chi connectivity index (χ2n) is 3.75. The molecule has 2 rings (SSSR count). The molecule has 0 saturated heterocycles. The van der Waals surface area contributed by atoms with Crippen LogP contribution in [0, 0.1) is 6.92 Å². The Labute approximate surface area is 105 Å². The van der Waals surface area contributed by atoms with Crippen LogP contribution in [0.25, 0.3) is 10.9 Å². The van der Waals surface area contributed by atoms with E-state index in [-0.39, 0.29) is 0 Å². The van der Waals surface area contributed by atoms with Gasteiger partial charge in [0.05, 0.1) is 5.52 Å². The first kappa shape index (κ1) is 11.9. The zero-order valence-corrected chi connectivity index (χ0v) is 10.5. The molecule has 3 heteroatoms. The monoisotopic (exact) mass is 243 g/mol. The van der Waals surface area contributed by atoms with E-state index in [1.807, 2.05) is 37.3 Å². The number of hydrogen-bond donors (Lipinski definition) is 0. The molecule has 86 valence electrons. The van der Waals surface area contributed by atoms with Gasteiger partial charge >= 0.3 is 0 Å². The SMILES string of the molecule is C=CCSc1nc2c(C)cccc2cc1C=O. The highest BCUT2D eigenvalue weighted by molar-refractivity contribution is 7.99. The molecule has 0 aliphatic carbocycles. The van der Waals surface area contributed by atoms with Crippen LogP contribution in [0.15, 0.2) is 41.9 Å². The molecule has 1 heterocycles. The summed E-state index contributed by atoms with van der Waals surface area (Å²) in [5.74, 6) is 0.755. The lowest BCUT2D eigenvalue weighted by Gasteiger charge is -2.06. The fourth-order valence-electron chi connectivity index (χ4n) is 1.68. The van der Waals surface area contributed by atoms with Crippen LogP contribution in [0.4, 0.5) is 0 Å². The van der Waals surface area contributed by atoms with Crippen LogP contribution in [-0.4, -0.2) is 17.0 Å². The Bertz CT molecular complexity index is 578. The molecule has 17 heavy (non-hydrogen) atoms. The first-order chi connectivity index (χ1) is 8.26. The molecule has 0 aliphatic rings. The van der Waals surface area contributed by atoms with Gasteiger partial charge in [0.1, 0.15) is 5.03 Å². The van der Waals surface area contributed by atoms with Crippen molar-refractivity contribution in [1.82, 2.24) is 4.98 Å². The Kier molecular flexibility index (Phi) is 3.59. The van der Waals surface area contributed by atoms with Gasteiger partial charge in [0.25, 0.3) is 0 Å². The second kappa shape index (κ2) is 5.15. The fraction of sp³-hybridized carbons (Fsp3) is 0.143. The number of carbonyl (C=O) groups is 1. The molecule has 0 atom stereocenters. The maximum Gasteiger partial charge on any atom is 0.152 e. The highest BCUT2D eigenvalue weighted by Gasteiger charge is 2.07. The summed E-state index contributed by atoms with van der Waals surface area (Å²) in [5, 5.41) is 1.79. The Morgan fingerprint density at radius 3 is 3.00 bits per heavy atom. The van der Waals surface area contributed by atoms with E-state index in [1.165, 1.54) is 11.8 Å². The second-order valence-corrected chi connectivity index (χ2v) is 4.76. The van der Waals surface area contributed by atoms with Gasteiger partial charge in [0.15, 0.2) is 6.29 Å². The minimum Gasteiger partial charge on any atom is -0.298 e. The van der Waals surface area contributed by atoms with E-state index in [4.69, 9.17) is 0 Å². The molecule has 0 aliphatic heterocycles. The summed E-state index contributed by atoms with van der Waals surface area (Å²) in [6, 6.07) is 7.88. The summed E-state index contributed by atoms with van der Waals surface area (Å²) in [4.78, 5) is 15.6. The smallest absolute Gasteiger partial charge is 0.152 e. The van der Waals surface area contributed by atoms with Crippen molar-refractivity contribution in [3.8, 4) is 0 Å². The van der Waals surface area contributed by atoms with E-state index >= 15 is 0 Å². The molecule has 0 N–H and O–H groups in total. The lowest BCUT2D eigenvalue weighted by molar-refractivity contribution is 0.112. The van der Waals surface area contributed by atoms with E-state index in [0.717, 1.165) is 33.5 Å². The van der Waals surface area contributed by atoms with Gasteiger partial charge in [-0.15, -0.1) is 18.3 Å². The summed E-state index contributed by atoms with van der Waals surface area (Å²) in [6.07, 6.45) is 2.67. The van der Waals surface area contributed by atoms with Crippen LogP contribution in [0.3, 0.4) is 0 Å². The minimum atomic E-state index is 0.648. The molecular weight excluding hydrogens is 230 g/mol. The summed E-state index contributed by atoms with van der Waals surface area (Å²) in [6.45, 7) is 5.70. The van der Waals surface area contributed by atoms with Crippen LogP contribution in [0.5, 0.6) is 0 Å². The molecule has 0 spiro atoms. The number of para-hydroxylation sites is 1. The first-order valence-corrected chi connectivity index (χ1v) is 6.34. The van der Waals surface area contributed by atoms with Gasteiger partial charge in [-0.2, -0.15) is 0 Å². The number of aromatic nitrogens is 1. The maximum atomic E-state index is 11.0. The van der Waals surface area contributed by atoms with Gasteiger partial charge in [0, 0.05) is 16.7 Å². The average Bonchev–Trinajstić information content (AvgIpc) is 2.36. The number of hydrogen-bond acceptors (Lipinski definition) is 3. The zero-order valence-electron chi connectivity index (χ0n) is 9.64. The van der Waals surface area contributed by atoms with Crippen molar-refractivity contribution in [1.29, 1.82) is 0 Å². The summed E-state index contributed by atoms with van der Waals surface area (Å²) in [7, 11) is 0. The van der Waals surface area contributed by atoms with Crippen molar-refractivity contribution in [2.24, 2.45) is 0 Å². The number of rotatable bonds is 4. The Morgan fingerprint density at radius 2 is 2.29 bits per heavy atom. The number of fused-ring (bicyclic) bond motifs is 1. The number of benzene rings is 1. The predicted molar refractivity (Wildman–Crippen MR) is 72.8 cm³/mol. The van der Waals surface area contributed by atoms with Gasteiger partial charge in [-0.1, -0.05) is 24.3 Å². The van der Waals surface area contributed by atoms with Gasteiger partial charge in [0.2, 0.25) is 0 Å². The van der Waals surface area contributed by atoms with Crippen LogP contribution in [0.2, 0.25) is 0 Å². The molecule has 0 amide bonds. The van der Waals surface area contributed by atoms with Crippen molar-refractivity contribution in [2.75, 3.05) is 5.75 Å². The highest BCUT2D eigenvalue weighted by atomic mass is 32.2. The summed E-state index contributed by atoms with van der Waals surface area (Å²) in [5.41, 5.74) is 2.74. The van der Waals surface area contributed by atoms with Crippen molar-refractivity contribution in [2.45, 2.75) is 11.9 Å². The standard InChI is InChI=1S/C14H13NOS/c1-3-7-17-14-12(9-16)8-11-6-4-5-10(2)13(11)15-14/h3-6,8-9H,1,7H2,2H3. The van der Waals surface area contributed by atoms with Crippen molar-refractivity contribution in [3.63, 3.8) is 0 Å². The molecule has 0 saturated carbocycles. The van der Waals surface area contributed by atoms with Gasteiger partial charge in [-0.25, -0.2) is 4.98 Å². The predicted octanol–water partition coefficient (Wildman–Crippen LogP) is 3.63. The van der Waals surface area contributed by atoms with E-state index < -0.39 is 0 Å². The van der Waals surface area contributed by atoms with Gasteiger partial charge in [-0.05, 0) is 18.6 Å². The van der Waals surface area contributed by atoms with Crippen LogP contribution < -0.4 is 0 Å². The molecule has 1 aromatic heterocycles. The lowest BCUT2D eigenvalue weighted by atomic mass is 10.1. The lowest BCUT2D eigenvalue weighted by Crippen LogP contribution is -1.93. The largest absolute Gasteiger partial charge is 0.298 e. The summed E-state index contributed by atoms with van der Waals surface area (Å²) < 4.78 is 0. The molecule has 0 radical (unpaired) electrons. The van der Waals surface area contributed by atoms with Crippen LogP contribution >= 0.6 is 11.8 Å². The fourth-order valence-corrected chi connectivity index (χ4v) is 2.39. The molecule has 2 aromatic rings. The number of thioether (sulfide) groups is 1. The Balaban J connectivity index is 2.61.